The Kier molecular flexibility index (Phi) is 7.23. The maximum absolute atomic E-state index is 11.7. The van der Waals surface area contributed by atoms with E-state index in [2.05, 4.69) is 22.1 Å². The standard InChI is InChI=1S/C15H28N4O.HI/c1-4-9-16-14(17-11-13(20)18(2)3)19-10-8-15(12-19)6-5-7-15;/h4-12H2,1-3H3,(H,16,17);1H. The van der Waals surface area contributed by atoms with Gasteiger partial charge in [0.05, 0.1) is 0 Å². The second-order valence-electron chi connectivity index (χ2n) is 6.38. The summed E-state index contributed by atoms with van der Waals surface area (Å²) in [5.74, 6) is 0.976. The quantitative estimate of drug-likeness (QED) is 0.440. The van der Waals surface area contributed by atoms with Gasteiger partial charge in [0.25, 0.3) is 0 Å². The van der Waals surface area contributed by atoms with Crippen molar-refractivity contribution < 1.29 is 4.79 Å². The van der Waals surface area contributed by atoms with Crippen LogP contribution in [0.1, 0.15) is 39.0 Å². The maximum atomic E-state index is 11.7. The van der Waals surface area contributed by atoms with E-state index in [0.29, 0.717) is 5.41 Å². The fourth-order valence-electron chi connectivity index (χ4n) is 2.99. The molecule has 1 aliphatic carbocycles. The maximum Gasteiger partial charge on any atom is 0.243 e. The molecule has 0 radical (unpaired) electrons. The van der Waals surface area contributed by atoms with Crippen LogP contribution in [0.25, 0.3) is 0 Å². The molecule has 21 heavy (non-hydrogen) atoms. The number of amides is 1. The van der Waals surface area contributed by atoms with E-state index in [0.717, 1.165) is 32.0 Å². The summed E-state index contributed by atoms with van der Waals surface area (Å²) in [7, 11) is 3.55. The van der Waals surface area contributed by atoms with Gasteiger partial charge in [0.2, 0.25) is 5.91 Å². The first kappa shape index (κ1) is 18.5. The molecule has 1 heterocycles. The summed E-state index contributed by atoms with van der Waals surface area (Å²) in [4.78, 5) is 20.2. The van der Waals surface area contributed by atoms with Crippen LogP contribution in [0.5, 0.6) is 0 Å². The molecule has 2 aliphatic rings. The van der Waals surface area contributed by atoms with E-state index >= 15 is 0 Å². The van der Waals surface area contributed by atoms with E-state index in [-0.39, 0.29) is 36.4 Å². The van der Waals surface area contributed by atoms with Gasteiger partial charge in [0.15, 0.2) is 5.96 Å². The molecule has 1 aliphatic heterocycles. The first-order chi connectivity index (χ1) is 9.56. The second kappa shape index (κ2) is 8.19. The van der Waals surface area contributed by atoms with Crippen LogP contribution in [-0.4, -0.2) is 61.9 Å². The summed E-state index contributed by atoms with van der Waals surface area (Å²) < 4.78 is 0. The van der Waals surface area contributed by atoms with E-state index < -0.39 is 0 Å². The normalized spacial score (nSPS) is 20.0. The van der Waals surface area contributed by atoms with Crippen LogP contribution in [0.2, 0.25) is 0 Å². The zero-order chi connectivity index (χ0) is 14.6. The van der Waals surface area contributed by atoms with Crippen LogP contribution >= 0.6 is 24.0 Å². The number of hydrogen-bond acceptors (Lipinski definition) is 2. The highest BCUT2D eigenvalue weighted by Gasteiger charge is 2.43. The van der Waals surface area contributed by atoms with Crippen molar-refractivity contribution in [3.05, 3.63) is 0 Å². The average molecular weight is 408 g/mol. The van der Waals surface area contributed by atoms with Gasteiger partial charge in [-0.1, -0.05) is 13.3 Å². The Morgan fingerprint density at radius 3 is 2.52 bits per heavy atom. The third-order valence-corrected chi connectivity index (χ3v) is 4.55. The summed E-state index contributed by atoms with van der Waals surface area (Å²) in [5.41, 5.74) is 0.556. The SMILES string of the molecule is CCCNC(=NCC(=O)N(C)C)N1CCC2(CCC2)C1.I. The minimum absolute atomic E-state index is 0. The number of halogens is 1. The van der Waals surface area contributed by atoms with Crippen molar-refractivity contribution in [2.75, 3.05) is 40.3 Å². The molecule has 1 saturated heterocycles. The molecular formula is C15H29IN4O. The highest BCUT2D eigenvalue weighted by Crippen LogP contribution is 2.47. The smallest absolute Gasteiger partial charge is 0.243 e. The monoisotopic (exact) mass is 408 g/mol. The number of nitrogens with zero attached hydrogens (tertiary/aromatic N) is 3. The highest BCUT2D eigenvalue weighted by molar-refractivity contribution is 14.0. The fourth-order valence-corrected chi connectivity index (χ4v) is 2.99. The molecule has 0 aromatic rings. The molecule has 0 unspecified atom stereocenters. The first-order valence-corrected chi connectivity index (χ1v) is 7.80. The fraction of sp³-hybridized carbons (Fsp3) is 0.867. The van der Waals surface area contributed by atoms with Crippen LogP contribution in [0, 0.1) is 5.41 Å². The Hall–Kier alpha value is -0.530. The summed E-state index contributed by atoms with van der Waals surface area (Å²) in [6.07, 6.45) is 6.45. The first-order valence-electron chi connectivity index (χ1n) is 7.80. The summed E-state index contributed by atoms with van der Waals surface area (Å²) in [6, 6.07) is 0. The second-order valence-corrected chi connectivity index (χ2v) is 6.38. The van der Waals surface area contributed by atoms with Crippen molar-refractivity contribution in [2.24, 2.45) is 10.4 Å². The van der Waals surface area contributed by atoms with Gasteiger partial charge in [-0.15, -0.1) is 24.0 Å². The zero-order valence-corrected chi connectivity index (χ0v) is 15.9. The molecule has 2 rings (SSSR count). The summed E-state index contributed by atoms with van der Waals surface area (Å²) in [5, 5.41) is 3.40. The van der Waals surface area contributed by atoms with E-state index in [4.69, 9.17) is 0 Å². The third kappa shape index (κ3) is 4.72. The summed E-state index contributed by atoms with van der Waals surface area (Å²) in [6.45, 7) is 5.48. The molecule has 6 heteroatoms. The van der Waals surface area contributed by atoms with Crippen LogP contribution in [-0.2, 0) is 4.79 Å². The van der Waals surface area contributed by atoms with E-state index in [1.807, 2.05) is 0 Å². The Morgan fingerprint density at radius 2 is 2.05 bits per heavy atom. The molecule has 5 nitrogen and oxygen atoms in total. The molecule has 0 bridgehead atoms. The largest absolute Gasteiger partial charge is 0.356 e. The van der Waals surface area contributed by atoms with Crippen molar-refractivity contribution in [3.8, 4) is 0 Å². The molecular weight excluding hydrogens is 379 g/mol. The van der Waals surface area contributed by atoms with Crippen molar-refractivity contribution in [2.45, 2.75) is 39.0 Å². The topological polar surface area (TPSA) is 47.9 Å². The number of rotatable bonds is 4. The molecule has 1 amide bonds. The van der Waals surface area contributed by atoms with Crippen LogP contribution < -0.4 is 5.32 Å². The van der Waals surface area contributed by atoms with Gasteiger partial charge < -0.3 is 15.1 Å². The number of likely N-dealkylation sites (tertiary alicyclic amines) is 1. The number of guanidine groups is 1. The molecule has 1 saturated carbocycles. The lowest BCUT2D eigenvalue weighted by Gasteiger charge is -2.38. The van der Waals surface area contributed by atoms with Gasteiger partial charge >= 0.3 is 0 Å². The van der Waals surface area contributed by atoms with Crippen molar-refractivity contribution in [1.29, 1.82) is 0 Å². The Morgan fingerprint density at radius 1 is 1.33 bits per heavy atom. The van der Waals surface area contributed by atoms with Gasteiger partial charge in [-0.05, 0) is 31.1 Å². The van der Waals surface area contributed by atoms with Gasteiger partial charge in [-0.2, -0.15) is 0 Å². The number of nitrogens with one attached hydrogen (secondary N) is 1. The number of likely N-dealkylation sites (N-methyl/N-ethyl adjacent to an activating group) is 1. The minimum Gasteiger partial charge on any atom is -0.356 e. The van der Waals surface area contributed by atoms with Crippen LogP contribution in [0.4, 0.5) is 0 Å². The Labute approximate surface area is 145 Å². The number of aliphatic imine (C=N–C) groups is 1. The van der Waals surface area contributed by atoms with Crippen molar-refractivity contribution in [3.63, 3.8) is 0 Å². The predicted octanol–water partition coefficient (Wildman–Crippen LogP) is 1.92. The lowest BCUT2D eigenvalue weighted by Crippen LogP contribution is -2.43. The van der Waals surface area contributed by atoms with Crippen LogP contribution in [0.15, 0.2) is 4.99 Å². The van der Waals surface area contributed by atoms with Gasteiger partial charge in [0.1, 0.15) is 6.54 Å². The lowest BCUT2D eigenvalue weighted by molar-refractivity contribution is -0.127. The van der Waals surface area contributed by atoms with Gasteiger partial charge in [-0.3, -0.25) is 4.79 Å². The highest BCUT2D eigenvalue weighted by atomic mass is 127. The number of hydrogen-bond donors (Lipinski definition) is 1. The predicted molar refractivity (Wildman–Crippen MR) is 97.2 cm³/mol. The van der Waals surface area contributed by atoms with Crippen molar-refractivity contribution >= 4 is 35.8 Å². The molecule has 0 aromatic carbocycles. The zero-order valence-electron chi connectivity index (χ0n) is 13.5. The molecule has 0 aromatic heterocycles. The van der Waals surface area contributed by atoms with Crippen molar-refractivity contribution in [1.82, 2.24) is 15.1 Å². The Bertz CT molecular complexity index is 380. The van der Waals surface area contributed by atoms with Gasteiger partial charge in [-0.25, -0.2) is 4.99 Å². The van der Waals surface area contributed by atoms with E-state index in [9.17, 15) is 4.79 Å². The van der Waals surface area contributed by atoms with E-state index in [1.165, 1.54) is 25.7 Å². The van der Waals surface area contributed by atoms with Crippen LogP contribution in [0.3, 0.4) is 0 Å². The van der Waals surface area contributed by atoms with Gasteiger partial charge in [0, 0.05) is 33.7 Å². The molecule has 1 N–H and O–H groups in total. The molecule has 0 atom stereocenters. The molecule has 1 spiro atoms. The minimum atomic E-state index is 0. The number of carbonyl (C=O) groups excluding carboxylic acids is 1. The average Bonchev–Trinajstić information content (AvgIpc) is 2.83. The van der Waals surface area contributed by atoms with E-state index in [1.54, 1.807) is 19.0 Å². The molecule has 2 fully saturated rings. The lowest BCUT2D eigenvalue weighted by atomic mass is 9.68. The third-order valence-electron chi connectivity index (χ3n) is 4.55. The molecule has 122 valence electrons. The number of carbonyl (C=O) groups is 1. The summed E-state index contributed by atoms with van der Waals surface area (Å²) >= 11 is 0. The Balaban J connectivity index is 0.00000220.